The van der Waals surface area contributed by atoms with E-state index in [2.05, 4.69) is 9.97 Å². The Morgan fingerprint density at radius 1 is 1.50 bits per heavy atom. The molecule has 1 aliphatic rings. The SMILES string of the molecule is CCOc1ncccc1C(=O)N1CCO[C@@H](c2nc(C)cn2C)C1. The molecule has 3 rings (SSSR count). The van der Waals surface area contributed by atoms with Crippen molar-refractivity contribution in [3.8, 4) is 5.88 Å². The highest BCUT2D eigenvalue weighted by Crippen LogP contribution is 2.24. The van der Waals surface area contributed by atoms with Crippen molar-refractivity contribution < 1.29 is 14.3 Å². The molecule has 7 heteroatoms. The predicted molar refractivity (Wildman–Crippen MR) is 87.9 cm³/mol. The number of carbonyl (C=O) groups is 1. The number of imidazole rings is 1. The van der Waals surface area contributed by atoms with Crippen molar-refractivity contribution in [2.24, 2.45) is 7.05 Å². The average Bonchev–Trinajstić information content (AvgIpc) is 2.93. The first-order valence-electron chi connectivity index (χ1n) is 8.08. The molecule has 2 aromatic heterocycles. The molecule has 24 heavy (non-hydrogen) atoms. The van der Waals surface area contributed by atoms with Crippen molar-refractivity contribution in [2.45, 2.75) is 20.0 Å². The Morgan fingerprint density at radius 2 is 2.33 bits per heavy atom. The minimum Gasteiger partial charge on any atom is -0.477 e. The molecule has 3 heterocycles. The van der Waals surface area contributed by atoms with E-state index in [9.17, 15) is 4.79 Å². The van der Waals surface area contributed by atoms with Crippen molar-refractivity contribution in [3.63, 3.8) is 0 Å². The van der Waals surface area contributed by atoms with E-state index in [-0.39, 0.29) is 12.0 Å². The number of hydrogen-bond donors (Lipinski definition) is 0. The molecule has 7 nitrogen and oxygen atoms in total. The van der Waals surface area contributed by atoms with Crippen LogP contribution in [0.5, 0.6) is 5.88 Å². The summed E-state index contributed by atoms with van der Waals surface area (Å²) in [6.45, 7) is 5.77. The third-order valence-corrected chi connectivity index (χ3v) is 3.96. The Kier molecular flexibility index (Phi) is 4.80. The molecule has 0 bridgehead atoms. The Balaban J connectivity index is 1.80. The molecule has 0 radical (unpaired) electrons. The van der Waals surface area contributed by atoms with E-state index in [1.165, 1.54) is 0 Å². The van der Waals surface area contributed by atoms with Crippen LogP contribution < -0.4 is 4.74 Å². The number of ether oxygens (including phenoxy) is 2. The lowest BCUT2D eigenvalue weighted by Gasteiger charge is -2.32. The maximum Gasteiger partial charge on any atom is 0.259 e. The molecule has 0 spiro atoms. The van der Waals surface area contributed by atoms with Gasteiger partial charge in [-0.25, -0.2) is 9.97 Å². The maximum absolute atomic E-state index is 12.9. The summed E-state index contributed by atoms with van der Waals surface area (Å²) < 4.78 is 13.3. The first-order chi connectivity index (χ1) is 11.6. The number of amides is 1. The fourth-order valence-electron chi connectivity index (χ4n) is 2.90. The Labute approximate surface area is 141 Å². The molecule has 1 saturated heterocycles. The first kappa shape index (κ1) is 16.4. The lowest BCUT2D eigenvalue weighted by Crippen LogP contribution is -2.43. The number of hydrogen-bond acceptors (Lipinski definition) is 5. The normalized spacial score (nSPS) is 17.8. The third-order valence-electron chi connectivity index (χ3n) is 3.96. The molecule has 1 amide bonds. The molecule has 128 valence electrons. The van der Waals surface area contributed by atoms with E-state index in [1.54, 1.807) is 23.2 Å². The number of aromatic nitrogens is 3. The summed E-state index contributed by atoms with van der Waals surface area (Å²) in [5.74, 6) is 1.12. The molecular formula is C17H22N4O3. The van der Waals surface area contributed by atoms with Crippen LogP contribution in [0.2, 0.25) is 0 Å². The van der Waals surface area contributed by atoms with Crippen LogP contribution in [0.15, 0.2) is 24.5 Å². The summed E-state index contributed by atoms with van der Waals surface area (Å²) in [6.07, 6.45) is 3.35. The minimum absolute atomic E-state index is 0.0919. The number of morpholine rings is 1. The molecule has 2 aromatic rings. The first-order valence-corrected chi connectivity index (χ1v) is 8.08. The summed E-state index contributed by atoms with van der Waals surface area (Å²) in [5.41, 5.74) is 1.42. The average molecular weight is 330 g/mol. The van der Waals surface area contributed by atoms with Crippen molar-refractivity contribution in [2.75, 3.05) is 26.3 Å². The van der Waals surface area contributed by atoms with E-state index in [0.29, 0.717) is 37.7 Å². The van der Waals surface area contributed by atoms with Crippen LogP contribution in [0.3, 0.4) is 0 Å². The lowest BCUT2D eigenvalue weighted by atomic mass is 10.2. The van der Waals surface area contributed by atoms with Crippen LogP contribution in [-0.4, -0.2) is 51.6 Å². The Hall–Kier alpha value is -2.41. The second-order valence-electron chi connectivity index (χ2n) is 5.75. The van der Waals surface area contributed by atoms with Crippen LogP contribution in [0.1, 0.15) is 34.9 Å². The van der Waals surface area contributed by atoms with Gasteiger partial charge in [-0.1, -0.05) is 0 Å². The molecule has 1 atom stereocenters. The van der Waals surface area contributed by atoms with Crippen LogP contribution >= 0.6 is 0 Å². The van der Waals surface area contributed by atoms with E-state index in [0.717, 1.165) is 11.5 Å². The predicted octanol–water partition coefficient (Wildman–Crippen LogP) is 1.74. The number of carbonyl (C=O) groups excluding carboxylic acids is 1. The maximum atomic E-state index is 12.9. The van der Waals surface area contributed by atoms with Gasteiger partial charge in [0, 0.05) is 26.0 Å². The summed E-state index contributed by atoms with van der Waals surface area (Å²) in [5, 5.41) is 0. The van der Waals surface area contributed by atoms with Gasteiger partial charge < -0.3 is 18.9 Å². The lowest BCUT2D eigenvalue weighted by molar-refractivity contribution is -0.0280. The van der Waals surface area contributed by atoms with Crippen molar-refractivity contribution in [1.29, 1.82) is 0 Å². The van der Waals surface area contributed by atoms with E-state index in [4.69, 9.17) is 9.47 Å². The third kappa shape index (κ3) is 3.26. The number of aryl methyl sites for hydroxylation is 2. The molecule has 0 aliphatic carbocycles. The van der Waals surface area contributed by atoms with Crippen molar-refractivity contribution >= 4 is 5.91 Å². The van der Waals surface area contributed by atoms with Crippen molar-refractivity contribution in [3.05, 3.63) is 41.6 Å². The standard InChI is InChI=1S/C17H22N4O3/c1-4-23-16-13(6-5-7-18-16)17(22)21-8-9-24-14(11-21)15-19-12(2)10-20(15)3/h5-7,10,14H,4,8-9,11H2,1-3H3/t14-/m1/s1. The molecule has 1 fully saturated rings. The minimum atomic E-state index is -0.228. The smallest absolute Gasteiger partial charge is 0.259 e. The summed E-state index contributed by atoms with van der Waals surface area (Å²) in [7, 11) is 1.94. The zero-order valence-corrected chi connectivity index (χ0v) is 14.2. The van der Waals surface area contributed by atoms with Gasteiger partial charge in [0.1, 0.15) is 17.5 Å². The highest BCUT2D eigenvalue weighted by Gasteiger charge is 2.30. The Bertz CT molecular complexity index is 728. The van der Waals surface area contributed by atoms with Gasteiger partial charge in [-0.15, -0.1) is 0 Å². The summed E-state index contributed by atoms with van der Waals surface area (Å²) in [6, 6.07) is 3.49. The van der Waals surface area contributed by atoms with Gasteiger partial charge in [-0.3, -0.25) is 4.79 Å². The molecule has 0 N–H and O–H groups in total. The Morgan fingerprint density at radius 3 is 3.04 bits per heavy atom. The fraction of sp³-hybridized carbons (Fsp3) is 0.471. The van der Waals surface area contributed by atoms with Gasteiger partial charge in [0.2, 0.25) is 5.88 Å². The molecule has 1 aliphatic heterocycles. The van der Waals surface area contributed by atoms with Crippen molar-refractivity contribution in [1.82, 2.24) is 19.4 Å². The van der Waals surface area contributed by atoms with E-state index in [1.807, 2.05) is 31.7 Å². The zero-order chi connectivity index (χ0) is 17.1. The molecule has 0 aromatic carbocycles. The molecule has 0 saturated carbocycles. The van der Waals surface area contributed by atoms with Gasteiger partial charge in [-0.05, 0) is 26.0 Å². The number of nitrogens with zero attached hydrogens (tertiary/aromatic N) is 4. The second kappa shape index (κ2) is 7.00. The summed E-state index contributed by atoms with van der Waals surface area (Å²) >= 11 is 0. The number of pyridine rings is 1. The van der Waals surface area contributed by atoms with Gasteiger partial charge in [-0.2, -0.15) is 0 Å². The van der Waals surface area contributed by atoms with Gasteiger partial charge >= 0.3 is 0 Å². The quantitative estimate of drug-likeness (QED) is 0.854. The van der Waals surface area contributed by atoms with Crippen LogP contribution in [0, 0.1) is 6.92 Å². The van der Waals surface area contributed by atoms with Crippen LogP contribution in [-0.2, 0) is 11.8 Å². The van der Waals surface area contributed by atoms with Gasteiger partial charge in [0.15, 0.2) is 0 Å². The number of rotatable bonds is 4. The largest absolute Gasteiger partial charge is 0.477 e. The highest BCUT2D eigenvalue weighted by atomic mass is 16.5. The monoisotopic (exact) mass is 330 g/mol. The zero-order valence-electron chi connectivity index (χ0n) is 14.2. The molecule has 0 unspecified atom stereocenters. The second-order valence-corrected chi connectivity index (χ2v) is 5.75. The molecular weight excluding hydrogens is 308 g/mol. The summed E-state index contributed by atoms with van der Waals surface area (Å²) in [4.78, 5) is 23.3. The van der Waals surface area contributed by atoms with E-state index >= 15 is 0 Å². The highest BCUT2D eigenvalue weighted by molar-refractivity contribution is 5.96. The van der Waals surface area contributed by atoms with Gasteiger partial charge in [0.05, 0.1) is 25.5 Å². The topological polar surface area (TPSA) is 69.5 Å². The van der Waals surface area contributed by atoms with Crippen LogP contribution in [0.25, 0.3) is 0 Å². The van der Waals surface area contributed by atoms with E-state index < -0.39 is 0 Å². The fourth-order valence-corrected chi connectivity index (χ4v) is 2.90. The van der Waals surface area contributed by atoms with Crippen LogP contribution in [0.4, 0.5) is 0 Å². The van der Waals surface area contributed by atoms with Gasteiger partial charge in [0.25, 0.3) is 5.91 Å².